The van der Waals surface area contributed by atoms with Crippen molar-refractivity contribution >= 4 is 0 Å². The zero-order chi connectivity index (χ0) is 14.8. The van der Waals surface area contributed by atoms with Crippen molar-refractivity contribution in [2.45, 2.75) is 20.1 Å². The summed E-state index contributed by atoms with van der Waals surface area (Å²) in [4.78, 5) is 4.54. The van der Waals surface area contributed by atoms with Crippen molar-refractivity contribution in [1.82, 2.24) is 10.3 Å². The highest BCUT2D eigenvalue weighted by atomic mass is 16.5. The van der Waals surface area contributed by atoms with Crippen LogP contribution >= 0.6 is 0 Å². The Balaban J connectivity index is 1.66. The van der Waals surface area contributed by atoms with Gasteiger partial charge in [0.1, 0.15) is 12.4 Å². The van der Waals surface area contributed by atoms with E-state index in [4.69, 9.17) is 9.47 Å². The predicted octanol–water partition coefficient (Wildman–Crippen LogP) is 2.79. The minimum atomic E-state index is 0.512. The highest BCUT2D eigenvalue weighted by Gasteiger charge is 1.98. The summed E-state index contributed by atoms with van der Waals surface area (Å²) >= 11 is 0. The first kappa shape index (κ1) is 15.5. The van der Waals surface area contributed by atoms with Crippen LogP contribution in [0.15, 0.2) is 48.5 Å². The van der Waals surface area contributed by atoms with E-state index in [-0.39, 0.29) is 0 Å². The van der Waals surface area contributed by atoms with Crippen LogP contribution in [-0.4, -0.2) is 24.7 Å². The molecule has 4 nitrogen and oxygen atoms in total. The lowest BCUT2D eigenvalue weighted by atomic mass is 10.3. The van der Waals surface area contributed by atoms with Gasteiger partial charge in [0, 0.05) is 6.54 Å². The summed E-state index contributed by atoms with van der Waals surface area (Å²) in [5, 5.41) is 3.26. The van der Waals surface area contributed by atoms with E-state index in [0.717, 1.165) is 30.2 Å². The summed E-state index contributed by atoms with van der Waals surface area (Å²) in [5.41, 5.74) is 1.99. The molecular weight excluding hydrogens is 264 g/mol. The average molecular weight is 286 g/mol. The Bertz CT molecular complexity index is 517. The van der Waals surface area contributed by atoms with Crippen LogP contribution in [0.5, 0.6) is 5.75 Å². The number of pyridine rings is 1. The zero-order valence-electron chi connectivity index (χ0n) is 12.4. The molecule has 1 aromatic carbocycles. The molecule has 1 heterocycles. The van der Waals surface area contributed by atoms with E-state index in [1.165, 1.54) is 0 Å². The molecule has 0 aliphatic heterocycles. The number of aromatic nitrogens is 1. The monoisotopic (exact) mass is 286 g/mol. The Morgan fingerprint density at radius 3 is 2.57 bits per heavy atom. The fourth-order valence-electron chi connectivity index (χ4n) is 1.87. The molecule has 0 spiro atoms. The van der Waals surface area contributed by atoms with Crippen LogP contribution in [-0.2, 0) is 17.9 Å². The molecule has 0 saturated carbocycles. The van der Waals surface area contributed by atoms with E-state index in [0.29, 0.717) is 19.8 Å². The maximum atomic E-state index is 5.59. The van der Waals surface area contributed by atoms with E-state index >= 15 is 0 Å². The number of para-hydroxylation sites is 1. The van der Waals surface area contributed by atoms with E-state index in [2.05, 4.69) is 17.2 Å². The van der Waals surface area contributed by atoms with Crippen LogP contribution in [0, 0.1) is 0 Å². The molecule has 0 bridgehead atoms. The lowest BCUT2D eigenvalue weighted by Crippen LogP contribution is -2.13. The highest BCUT2D eigenvalue weighted by Crippen LogP contribution is 2.08. The van der Waals surface area contributed by atoms with Gasteiger partial charge >= 0.3 is 0 Å². The van der Waals surface area contributed by atoms with Crippen molar-refractivity contribution in [3.05, 3.63) is 59.9 Å². The van der Waals surface area contributed by atoms with Crippen LogP contribution in [0.4, 0.5) is 0 Å². The van der Waals surface area contributed by atoms with Crippen LogP contribution in [0.2, 0.25) is 0 Å². The van der Waals surface area contributed by atoms with Gasteiger partial charge in [-0.1, -0.05) is 31.2 Å². The second kappa shape index (κ2) is 9.10. The van der Waals surface area contributed by atoms with Crippen molar-refractivity contribution in [2.24, 2.45) is 0 Å². The van der Waals surface area contributed by atoms with Gasteiger partial charge in [0.05, 0.1) is 24.6 Å². The molecule has 0 amide bonds. The summed E-state index contributed by atoms with van der Waals surface area (Å²) in [6.07, 6.45) is 0. The fourth-order valence-corrected chi connectivity index (χ4v) is 1.87. The van der Waals surface area contributed by atoms with E-state index in [1.54, 1.807) is 0 Å². The second-order valence-electron chi connectivity index (χ2n) is 4.61. The van der Waals surface area contributed by atoms with Gasteiger partial charge in [-0.3, -0.25) is 4.98 Å². The van der Waals surface area contributed by atoms with Gasteiger partial charge in [-0.2, -0.15) is 0 Å². The predicted molar refractivity (Wildman–Crippen MR) is 83.2 cm³/mol. The largest absolute Gasteiger partial charge is 0.491 e. The third-order valence-electron chi connectivity index (χ3n) is 2.91. The zero-order valence-corrected chi connectivity index (χ0v) is 12.4. The normalized spacial score (nSPS) is 10.5. The number of nitrogens with one attached hydrogen (secondary N) is 1. The van der Waals surface area contributed by atoms with Gasteiger partial charge in [-0.05, 0) is 30.8 Å². The molecular formula is C17H22N2O2. The Morgan fingerprint density at radius 1 is 0.952 bits per heavy atom. The van der Waals surface area contributed by atoms with Gasteiger partial charge in [0.15, 0.2) is 0 Å². The number of hydrogen-bond acceptors (Lipinski definition) is 4. The summed E-state index contributed by atoms with van der Waals surface area (Å²) in [5.74, 6) is 0.867. The van der Waals surface area contributed by atoms with Crippen LogP contribution in [0.25, 0.3) is 0 Å². The van der Waals surface area contributed by atoms with Crippen molar-refractivity contribution in [2.75, 3.05) is 19.8 Å². The Morgan fingerprint density at radius 2 is 1.76 bits per heavy atom. The Hall–Kier alpha value is -1.91. The smallest absolute Gasteiger partial charge is 0.119 e. The molecule has 2 aromatic rings. The molecule has 112 valence electrons. The van der Waals surface area contributed by atoms with Gasteiger partial charge in [0.2, 0.25) is 0 Å². The molecule has 4 heteroatoms. The van der Waals surface area contributed by atoms with E-state index in [9.17, 15) is 0 Å². The summed E-state index contributed by atoms with van der Waals surface area (Å²) in [7, 11) is 0. The maximum absolute atomic E-state index is 5.59. The van der Waals surface area contributed by atoms with Gasteiger partial charge in [-0.15, -0.1) is 0 Å². The van der Waals surface area contributed by atoms with Crippen molar-refractivity contribution in [3.8, 4) is 5.75 Å². The molecule has 0 radical (unpaired) electrons. The molecule has 0 aliphatic rings. The second-order valence-corrected chi connectivity index (χ2v) is 4.61. The number of benzene rings is 1. The van der Waals surface area contributed by atoms with Gasteiger partial charge in [0.25, 0.3) is 0 Å². The highest BCUT2D eigenvalue weighted by molar-refractivity contribution is 5.20. The average Bonchev–Trinajstić information content (AvgIpc) is 2.54. The van der Waals surface area contributed by atoms with E-state index in [1.807, 2.05) is 48.5 Å². The third-order valence-corrected chi connectivity index (χ3v) is 2.91. The van der Waals surface area contributed by atoms with Gasteiger partial charge < -0.3 is 14.8 Å². The van der Waals surface area contributed by atoms with Crippen LogP contribution in [0.1, 0.15) is 18.3 Å². The van der Waals surface area contributed by atoms with E-state index < -0.39 is 0 Å². The summed E-state index contributed by atoms with van der Waals surface area (Å²) in [6, 6.07) is 15.8. The van der Waals surface area contributed by atoms with Crippen LogP contribution < -0.4 is 10.1 Å². The quantitative estimate of drug-likeness (QED) is 0.720. The third kappa shape index (κ3) is 5.94. The molecule has 0 unspecified atom stereocenters. The first-order valence-electron chi connectivity index (χ1n) is 7.29. The van der Waals surface area contributed by atoms with Crippen molar-refractivity contribution < 1.29 is 9.47 Å². The lowest BCUT2D eigenvalue weighted by molar-refractivity contribution is 0.0868. The molecule has 1 aromatic heterocycles. The number of nitrogens with zero attached hydrogens (tertiary/aromatic N) is 1. The lowest BCUT2D eigenvalue weighted by Gasteiger charge is -2.08. The standard InChI is InChI=1S/C17H22N2O2/c1-2-18-13-15-7-6-8-16(19-15)14-20-11-12-21-17-9-4-3-5-10-17/h3-10,18H,2,11-14H2,1H3. The van der Waals surface area contributed by atoms with Gasteiger partial charge in [-0.25, -0.2) is 0 Å². The Kier molecular flexibility index (Phi) is 6.71. The number of hydrogen-bond donors (Lipinski definition) is 1. The maximum Gasteiger partial charge on any atom is 0.119 e. The molecule has 0 saturated heterocycles. The summed E-state index contributed by atoms with van der Waals surface area (Å²) < 4.78 is 11.2. The van der Waals surface area contributed by atoms with Crippen molar-refractivity contribution in [3.63, 3.8) is 0 Å². The molecule has 2 rings (SSSR count). The first-order valence-corrected chi connectivity index (χ1v) is 7.29. The molecule has 21 heavy (non-hydrogen) atoms. The Labute approximate surface area is 126 Å². The minimum absolute atomic E-state index is 0.512. The van der Waals surface area contributed by atoms with Crippen LogP contribution in [0.3, 0.4) is 0 Å². The molecule has 0 fully saturated rings. The SMILES string of the molecule is CCNCc1cccc(COCCOc2ccccc2)n1. The molecule has 0 aliphatic carbocycles. The molecule has 0 atom stereocenters. The number of rotatable bonds is 9. The van der Waals surface area contributed by atoms with Crippen molar-refractivity contribution in [1.29, 1.82) is 0 Å². The topological polar surface area (TPSA) is 43.4 Å². The molecule has 1 N–H and O–H groups in total. The fraction of sp³-hybridized carbons (Fsp3) is 0.353. The summed E-state index contributed by atoms with van der Waals surface area (Å²) in [6.45, 7) is 5.42. The first-order chi connectivity index (χ1) is 10.4. The number of ether oxygens (including phenoxy) is 2. The minimum Gasteiger partial charge on any atom is -0.491 e.